The maximum absolute atomic E-state index is 13.9. The first-order chi connectivity index (χ1) is 20.5. The number of nitrogens with zero attached hydrogens (tertiary/aromatic N) is 2. The molecule has 0 aliphatic heterocycles. The summed E-state index contributed by atoms with van der Waals surface area (Å²) in [5.74, 6) is 0.177. The highest BCUT2D eigenvalue weighted by Crippen LogP contribution is 2.23. The third kappa shape index (κ3) is 10.6. The van der Waals surface area contributed by atoms with E-state index in [-0.39, 0.29) is 43.8 Å². The zero-order valence-corrected chi connectivity index (χ0v) is 26.9. The Morgan fingerprint density at radius 3 is 2.16 bits per heavy atom. The van der Waals surface area contributed by atoms with Crippen LogP contribution in [0.15, 0.2) is 78.9 Å². The highest BCUT2D eigenvalue weighted by atomic mass is 35.5. The quantitative estimate of drug-likeness (QED) is 0.215. The van der Waals surface area contributed by atoms with E-state index in [1.54, 1.807) is 41.3 Å². The molecule has 2 unspecified atom stereocenters. The SMILES string of the molecule is CCOc1ccc(N(CCCC(=O)N(Cc2ccc(Cl)cc2)C(Cc2ccccc2)C(=O)NC(C)CC)S(C)(=O)=O)cc1. The fraction of sp³-hybridized carbons (Fsp3) is 0.394. The van der Waals surface area contributed by atoms with E-state index >= 15 is 0 Å². The van der Waals surface area contributed by atoms with Crippen molar-refractivity contribution in [3.05, 3.63) is 95.0 Å². The highest BCUT2D eigenvalue weighted by Gasteiger charge is 2.31. The molecule has 0 fully saturated rings. The number of sulfonamides is 1. The van der Waals surface area contributed by atoms with Crippen molar-refractivity contribution in [1.29, 1.82) is 0 Å². The van der Waals surface area contributed by atoms with Crippen molar-refractivity contribution in [3.63, 3.8) is 0 Å². The minimum absolute atomic E-state index is 0.0541. The van der Waals surface area contributed by atoms with Crippen LogP contribution in [0.2, 0.25) is 5.02 Å². The summed E-state index contributed by atoms with van der Waals surface area (Å²) in [6, 6.07) is 22.8. The van der Waals surface area contributed by atoms with Crippen LogP contribution < -0.4 is 14.4 Å². The second-order valence-corrected chi connectivity index (χ2v) is 12.9. The van der Waals surface area contributed by atoms with E-state index in [0.717, 1.165) is 23.8 Å². The lowest BCUT2D eigenvalue weighted by Gasteiger charge is -2.32. The Labute approximate surface area is 261 Å². The molecule has 3 aromatic rings. The Bertz CT molecular complexity index is 1420. The molecule has 0 spiro atoms. The number of benzene rings is 3. The summed E-state index contributed by atoms with van der Waals surface area (Å²) in [7, 11) is -3.61. The predicted octanol–water partition coefficient (Wildman–Crippen LogP) is 5.84. The van der Waals surface area contributed by atoms with Crippen molar-refractivity contribution >= 4 is 39.1 Å². The fourth-order valence-electron chi connectivity index (χ4n) is 4.66. The van der Waals surface area contributed by atoms with Gasteiger partial charge in [-0.3, -0.25) is 13.9 Å². The van der Waals surface area contributed by atoms with Gasteiger partial charge in [-0.05, 0) is 74.2 Å². The smallest absolute Gasteiger partial charge is 0.243 e. The number of carbonyl (C=O) groups is 2. The van der Waals surface area contributed by atoms with E-state index in [1.165, 1.54) is 4.31 Å². The molecule has 3 aromatic carbocycles. The second-order valence-electron chi connectivity index (χ2n) is 10.5. The summed E-state index contributed by atoms with van der Waals surface area (Å²) in [5, 5.41) is 3.63. The van der Waals surface area contributed by atoms with Gasteiger partial charge in [0.15, 0.2) is 0 Å². The third-order valence-electron chi connectivity index (χ3n) is 7.13. The Kier molecular flexibility index (Phi) is 12.9. The summed E-state index contributed by atoms with van der Waals surface area (Å²) in [5.41, 5.74) is 2.25. The normalized spacial score (nSPS) is 12.7. The molecule has 232 valence electrons. The topological polar surface area (TPSA) is 96.0 Å². The number of carbonyl (C=O) groups excluding carboxylic acids is 2. The first-order valence-electron chi connectivity index (χ1n) is 14.6. The van der Waals surface area contributed by atoms with Crippen LogP contribution >= 0.6 is 11.6 Å². The van der Waals surface area contributed by atoms with Crippen molar-refractivity contribution in [2.45, 2.75) is 65.1 Å². The number of ether oxygens (including phenoxy) is 1. The van der Waals surface area contributed by atoms with Crippen molar-refractivity contribution < 1.29 is 22.7 Å². The number of hydrogen-bond donors (Lipinski definition) is 1. The van der Waals surface area contributed by atoms with Crippen molar-refractivity contribution in [2.75, 3.05) is 23.7 Å². The van der Waals surface area contributed by atoms with Gasteiger partial charge < -0.3 is 15.0 Å². The standard InChI is InChI=1S/C33H42ClN3O5S/c1-5-25(3)35-33(39)31(23-26-11-8-7-9-12-26)36(24-27-14-16-28(34)17-15-27)32(38)13-10-22-37(43(4,40)41)29-18-20-30(21-19-29)42-6-2/h7-9,11-12,14-21,25,31H,5-6,10,13,22-24H2,1-4H3,(H,35,39). The number of amides is 2. The molecule has 0 aromatic heterocycles. The van der Waals surface area contributed by atoms with Crippen LogP contribution in [-0.2, 0) is 32.6 Å². The molecule has 10 heteroatoms. The summed E-state index contributed by atoms with van der Waals surface area (Å²) in [4.78, 5) is 29.2. The number of hydrogen-bond acceptors (Lipinski definition) is 5. The first-order valence-corrected chi connectivity index (χ1v) is 16.8. The van der Waals surface area contributed by atoms with Gasteiger partial charge in [-0.1, -0.05) is 61.0 Å². The minimum Gasteiger partial charge on any atom is -0.494 e. The maximum atomic E-state index is 13.9. The van der Waals surface area contributed by atoms with Crippen LogP contribution in [0.25, 0.3) is 0 Å². The zero-order valence-electron chi connectivity index (χ0n) is 25.3. The van der Waals surface area contributed by atoms with Crippen LogP contribution in [0.3, 0.4) is 0 Å². The van der Waals surface area contributed by atoms with E-state index in [4.69, 9.17) is 16.3 Å². The Morgan fingerprint density at radius 2 is 1.58 bits per heavy atom. The Morgan fingerprint density at radius 1 is 0.930 bits per heavy atom. The molecule has 0 aliphatic rings. The Hall–Kier alpha value is -3.56. The molecule has 0 bridgehead atoms. The van der Waals surface area contributed by atoms with Crippen LogP contribution in [0, 0.1) is 0 Å². The van der Waals surface area contributed by atoms with Gasteiger partial charge in [0.25, 0.3) is 0 Å². The molecule has 0 aliphatic carbocycles. The van der Waals surface area contributed by atoms with E-state index in [9.17, 15) is 18.0 Å². The predicted molar refractivity (Wildman–Crippen MR) is 173 cm³/mol. The fourth-order valence-corrected chi connectivity index (χ4v) is 5.75. The lowest BCUT2D eigenvalue weighted by molar-refractivity contribution is -0.141. The molecule has 2 amide bonds. The largest absolute Gasteiger partial charge is 0.494 e. The highest BCUT2D eigenvalue weighted by molar-refractivity contribution is 7.92. The number of rotatable bonds is 16. The van der Waals surface area contributed by atoms with Crippen LogP contribution in [0.1, 0.15) is 51.2 Å². The van der Waals surface area contributed by atoms with Crippen molar-refractivity contribution in [2.24, 2.45) is 0 Å². The van der Waals surface area contributed by atoms with Gasteiger partial charge >= 0.3 is 0 Å². The summed E-state index contributed by atoms with van der Waals surface area (Å²) < 4.78 is 32.1. The molecule has 1 N–H and O–H groups in total. The molecular formula is C33H42ClN3O5S. The molecule has 0 saturated heterocycles. The maximum Gasteiger partial charge on any atom is 0.243 e. The van der Waals surface area contributed by atoms with Gasteiger partial charge in [0.05, 0.1) is 18.6 Å². The molecule has 3 rings (SSSR count). The average Bonchev–Trinajstić information content (AvgIpc) is 2.98. The lowest BCUT2D eigenvalue weighted by Crippen LogP contribution is -2.52. The van der Waals surface area contributed by atoms with Gasteiger partial charge in [-0.25, -0.2) is 8.42 Å². The number of halogens is 1. The van der Waals surface area contributed by atoms with Gasteiger partial charge in [-0.15, -0.1) is 0 Å². The Balaban J connectivity index is 1.86. The first kappa shape index (κ1) is 33.9. The van der Waals surface area contributed by atoms with E-state index in [0.29, 0.717) is 29.5 Å². The number of nitrogens with one attached hydrogen (secondary N) is 1. The van der Waals surface area contributed by atoms with Crippen LogP contribution in [-0.4, -0.2) is 56.6 Å². The average molecular weight is 628 g/mol. The molecule has 0 radical (unpaired) electrons. The summed E-state index contributed by atoms with van der Waals surface area (Å²) >= 11 is 6.11. The molecule has 2 atom stereocenters. The molecule has 43 heavy (non-hydrogen) atoms. The minimum atomic E-state index is -3.61. The second kappa shape index (κ2) is 16.3. The van der Waals surface area contributed by atoms with Gasteiger partial charge in [-0.2, -0.15) is 0 Å². The molecular weight excluding hydrogens is 586 g/mol. The molecule has 8 nitrogen and oxygen atoms in total. The van der Waals surface area contributed by atoms with E-state index < -0.39 is 16.1 Å². The van der Waals surface area contributed by atoms with Gasteiger partial charge in [0, 0.05) is 37.0 Å². The zero-order chi connectivity index (χ0) is 31.4. The van der Waals surface area contributed by atoms with Crippen LogP contribution in [0.5, 0.6) is 5.75 Å². The summed E-state index contributed by atoms with van der Waals surface area (Å²) in [6.45, 7) is 6.62. The van der Waals surface area contributed by atoms with Crippen molar-refractivity contribution in [3.8, 4) is 5.75 Å². The third-order valence-corrected chi connectivity index (χ3v) is 8.57. The lowest BCUT2D eigenvalue weighted by atomic mass is 10.0. The number of anilines is 1. The van der Waals surface area contributed by atoms with Gasteiger partial charge in [0.1, 0.15) is 11.8 Å². The molecule has 0 saturated carbocycles. The van der Waals surface area contributed by atoms with E-state index in [1.807, 2.05) is 63.2 Å². The molecule has 0 heterocycles. The van der Waals surface area contributed by atoms with Crippen molar-refractivity contribution in [1.82, 2.24) is 10.2 Å². The monoisotopic (exact) mass is 627 g/mol. The van der Waals surface area contributed by atoms with Crippen LogP contribution in [0.4, 0.5) is 5.69 Å². The summed E-state index contributed by atoms with van der Waals surface area (Å²) in [6.07, 6.45) is 2.55. The van der Waals surface area contributed by atoms with E-state index in [2.05, 4.69) is 5.32 Å². The van der Waals surface area contributed by atoms with Gasteiger partial charge in [0.2, 0.25) is 21.8 Å².